The van der Waals surface area contributed by atoms with E-state index in [0.29, 0.717) is 18.4 Å². The van der Waals surface area contributed by atoms with E-state index in [1.165, 1.54) is 6.07 Å². The van der Waals surface area contributed by atoms with Crippen molar-refractivity contribution in [1.82, 2.24) is 0 Å². The molecule has 0 bridgehead atoms. The summed E-state index contributed by atoms with van der Waals surface area (Å²) in [5.74, 6) is -0.966. The van der Waals surface area contributed by atoms with Gasteiger partial charge in [-0.05, 0) is 24.5 Å². The lowest BCUT2D eigenvalue weighted by atomic mass is 9.62. The van der Waals surface area contributed by atoms with Gasteiger partial charge in [-0.15, -0.1) is 0 Å². The predicted molar refractivity (Wildman–Crippen MR) is 59.2 cm³/mol. The Morgan fingerprint density at radius 3 is 2.44 bits per heavy atom. The summed E-state index contributed by atoms with van der Waals surface area (Å²) < 4.78 is 37.9. The van der Waals surface area contributed by atoms with Crippen LogP contribution in [0.3, 0.4) is 0 Å². The monoisotopic (exact) mass is 258 g/mol. The van der Waals surface area contributed by atoms with Crippen molar-refractivity contribution >= 4 is 5.97 Å². The van der Waals surface area contributed by atoms with Gasteiger partial charge in [0.2, 0.25) is 0 Å². The summed E-state index contributed by atoms with van der Waals surface area (Å²) in [5.41, 5.74) is -0.824. The maximum Gasteiger partial charge on any atom is 0.416 e. The van der Waals surface area contributed by atoms with Gasteiger partial charge in [-0.1, -0.05) is 24.6 Å². The summed E-state index contributed by atoms with van der Waals surface area (Å²) in [6.45, 7) is 0. The minimum atomic E-state index is -4.38. The molecule has 1 fully saturated rings. The third-order valence-corrected chi connectivity index (χ3v) is 3.60. The quantitative estimate of drug-likeness (QED) is 0.899. The number of aliphatic carboxylic acids is 1. The number of carbonyl (C=O) groups is 1. The van der Waals surface area contributed by atoms with Gasteiger partial charge in [0.15, 0.2) is 0 Å². The zero-order chi connectivity index (χ0) is 13.4. The van der Waals surface area contributed by atoms with Gasteiger partial charge >= 0.3 is 12.1 Å². The average molecular weight is 258 g/mol. The Morgan fingerprint density at radius 1 is 1.33 bits per heavy atom. The topological polar surface area (TPSA) is 37.3 Å². The van der Waals surface area contributed by atoms with Crippen molar-refractivity contribution in [2.24, 2.45) is 0 Å². The molecule has 2 rings (SSSR count). The average Bonchev–Trinajstić information content (AvgIpc) is 2.22. The van der Waals surface area contributed by atoms with E-state index in [1.54, 1.807) is 6.07 Å². The highest BCUT2D eigenvalue weighted by atomic mass is 19.4. The van der Waals surface area contributed by atoms with Crippen molar-refractivity contribution in [3.8, 4) is 0 Å². The lowest BCUT2D eigenvalue weighted by molar-refractivity contribution is -0.139. The second-order valence-corrected chi connectivity index (χ2v) is 4.78. The minimum Gasteiger partial charge on any atom is -0.481 e. The third kappa shape index (κ3) is 2.35. The minimum absolute atomic E-state index is 0.103. The van der Waals surface area contributed by atoms with Crippen molar-refractivity contribution in [1.29, 1.82) is 0 Å². The molecule has 0 radical (unpaired) electrons. The molecular weight excluding hydrogens is 245 g/mol. The van der Waals surface area contributed by atoms with Gasteiger partial charge in [0.25, 0.3) is 0 Å². The Labute approximate surface area is 102 Å². The number of rotatable bonds is 3. The molecule has 1 aliphatic carbocycles. The summed E-state index contributed by atoms with van der Waals surface area (Å²) >= 11 is 0. The van der Waals surface area contributed by atoms with Crippen molar-refractivity contribution < 1.29 is 23.1 Å². The molecule has 18 heavy (non-hydrogen) atoms. The molecule has 0 atom stereocenters. The molecule has 1 aliphatic rings. The number of benzene rings is 1. The van der Waals surface area contributed by atoms with E-state index in [2.05, 4.69) is 0 Å². The lowest BCUT2D eigenvalue weighted by Crippen LogP contribution is -2.36. The molecule has 0 aromatic heterocycles. The molecule has 1 aromatic rings. The molecule has 0 aliphatic heterocycles. The second-order valence-electron chi connectivity index (χ2n) is 4.78. The first-order chi connectivity index (χ1) is 8.33. The fraction of sp³-hybridized carbons (Fsp3) is 0.462. The number of alkyl halides is 3. The summed E-state index contributed by atoms with van der Waals surface area (Å²) in [6, 6.07) is 5.04. The van der Waals surface area contributed by atoms with E-state index >= 15 is 0 Å². The molecule has 1 aromatic carbocycles. The van der Waals surface area contributed by atoms with Crippen molar-refractivity contribution in [2.45, 2.75) is 37.3 Å². The normalized spacial score (nSPS) is 18.2. The number of hydrogen-bond donors (Lipinski definition) is 1. The van der Waals surface area contributed by atoms with Crippen molar-refractivity contribution in [2.75, 3.05) is 0 Å². The molecule has 0 amide bonds. The largest absolute Gasteiger partial charge is 0.481 e. The van der Waals surface area contributed by atoms with Gasteiger partial charge in [-0.2, -0.15) is 13.2 Å². The summed E-state index contributed by atoms with van der Waals surface area (Å²) in [5, 5.41) is 8.88. The Morgan fingerprint density at radius 2 is 2.00 bits per heavy atom. The van der Waals surface area contributed by atoms with E-state index in [1.807, 2.05) is 0 Å². The first kappa shape index (κ1) is 12.9. The highest BCUT2D eigenvalue weighted by Gasteiger charge is 2.41. The zero-order valence-electron chi connectivity index (χ0n) is 9.63. The Hall–Kier alpha value is -1.52. The molecule has 98 valence electrons. The summed E-state index contributed by atoms with van der Waals surface area (Å²) in [6.07, 6.45) is -2.34. The van der Waals surface area contributed by atoms with E-state index in [-0.39, 0.29) is 6.42 Å². The molecule has 2 nitrogen and oxygen atoms in total. The molecular formula is C13H13F3O2. The molecule has 0 heterocycles. The standard InChI is InChI=1S/C13H13F3O2/c14-13(15,16)10-4-1-3-9(7-10)12(5-2-6-12)8-11(17)18/h1,3-4,7H,2,5-6,8H2,(H,17,18). The number of carboxylic acids is 1. The van der Waals surface area contributed by atoms with Crippen LogP contribution in [0.2, 0.25) is 0 Å². The van der Waals surface area contributed by atoms with E-state index in [0.717, 1.165) is 18.6 Å². The lowest BCUT2D eigenvalue weighted by Gasteiger charge is -2.41. The number of carboxylic acid groups (broad SMARTS) is 1. The maximum atomic E-state index is 12.6. The SMILES string of the molecule is O=C(O)CC1(c2cccc(C(F)(F)F)c2)CCC1. The molecule has 0 spiro atoms. The van der Waals surface area contributed by atoms with Crippen LogP contribution in [0.1, 0.15) is 36.8 Å². The molecule has 1 N–H and O–H groups in total. The van der Waals surface area contributed by atoms with Gasteiger partial charge in [0.05, 0.1) is 12.0 Å². The fourth-order valence-corrected chi connectivity index (χ4v) is 2.49. The van der Waals surface area contributed by atoms with Crippen LogP contribution in [0.25, 0.3) is 0 Å². The molecule has 0 saturated heterocycles. The van der Waals surface area contributed by atoms with Crippen LogP contribution in [0.15, 0.2) is 24.3 Å². The maximum absolute atomic E-state index is 12.6. The molecule has 5 heteroatoms. The van der Waals surface area contributed by atoms with Crippen LogP contribution >= 0.6 is 0 Å². The third-order valence-electron chi connectivity index (χ3n) is 3.60. The number of halogens is 3. The Kier molecular flexibility index (Phi) is 3.09. The van der Waals surface area contributed by atoms with Crippen LogP contribution in [0.5, 0.6) is 0 Å². The smallest absolute Gasteiger partial charge is 0.416 e. The fourth-order valence-electron chi connectivity index (χ4n) is 2.49. The molecule has 1 saturated carbocycles. The van der Waals surface area contributed by atoms with Gasteiger partial charge in [0, 0.05) is 5.41 Å². The number of hydrogen-bond acceptors (Lipinski definition) is 1. The van der Waals surface area contributed by atoms with E-state index in [4.69, 9.17) is 5.11 Å². The Bertz CT molecular complexity index is 462. The first-order valence-corrected chi connectivity index (χ1v) is 5.73. The van der Waals surface area contributed by atoms with Gasteiger partial charge in [0.1, 0.15) is 0 Å². The zero-order valence-corrected chi connectivity index (χ0v) is 9.63. The summed E-state index contributed by atoms with van der Waals surface area (Å²) in [4.78, 5) is 10.8. The highest BCUT2D eigenvalue weighted by molar-refractivity contribution is 5.69. The van der Waals surface area contributed by atoms with Crippen molar-refractivity contribution in [3.05, 3.63) is 35.4 Å². The summed E-state index contributed by atoms with van der Waals surface area (Å²) in [7, 11) is 0. The van der Waals surface area contributed by atoms with Crippen LogP contribution in [0.4, 0.5) is 13.2 Å². The molecule has 0 unspecified atom stereocenters. The highest BCUT2D eigenvalue weighted by Crippen LogP contribution is 2.47. The predicted octanol–water partition coefficient (Wildman–Crippen LogP) is 3.60. The van der Waals surface area contributed by atoms with Crippen molar-refractivity contribution in [3.63, 3.8) is 0 Å². The van der Waals surface area contributed by atoms with Crippen LogP contribution in [0, 0.1) is 0 Å². The second kappa shape index (κ2) is 4.30. The van der Waals surface area contributed by atoms with Gasteiger partial charge in [-0.25, -0.2) is 0 Å². The van der Waals surface area contributed by atoms with Crippen LogP contribution in [-0.2, 0) is 16.4 Å². The van der Waals surface area contributed by atoms with Gasteiger partial charge < -0.3 is 5.11 Å². The van der Waals surface area contributed by atoms with Crippen LogP contribution < -0.4 is 0 Å². The van der Waals surface area contributed by atoms with E-state index < -0.39 is 23.1 Å². The first-order valence-electron chi connectivity index (χ1n) is 5.73. The Balaban J connectivity index is 2.35. The van der Waals surface area contributed by atoms with E-state index in [9.17, 15) is 18.0 Å². The van der Waals surface area contributed by atoms with Crippen LogP contribution in [-0.4, -0.2) is 11.1 Å². The van der Waals surface area contributed by atoms with Gasteiger partial charge in [-0.3, -0.25) is 4.79 Å².